The van der Waals surface area contributed by atoms with Gasteiger partial charge >= 0.3 is 0 Å². The molecule has 1 aromatic rings. The largest absolute Gasteiger partial charge is 0.508 e. The number of phenols is 1. The van der Waals surface area contributed by atoms with E-state index in [4.69, 9.17) is 17.3 Å². The van der Waals surface area contributed by atoms with Gasteiger partial charge in [0.2, 0.25) is 0 Å². The number of aromatic hydroxyl groups is 1. The van der Waals surface area contributed by atoms with Crippen LogP contribution < -0.4 is 15.5 Å². The van der Waals surface area contributed by atoms with E-state index in [9.17, 15) is 34.8 Å². The molecule has 0 spiro atoms. The first-order valence-electron chi connectivity index (χ1n) is 10.9. The zero-order valence-corrected chi connectivity index (χ0v) is 20.0. The molecule has 0 saturated heterocycles. The van der Waals surface area contributed by atoms with Crippen LogP contribution in [-0.2, 0) is 16.0 Å². The Morgan fingerprint density at radius 2 is 1.68 bits per heavy atom. The summed E-state index contributed by atoms with van der Waals surface area (Å²) in [4.78, 5) is 41.3. The van der Waals surface area contributed by atoms with Crippen molar-refractivity contribution in [3.8, 4) is 5.75 Å². The molecule has 11 heteroatoms. The lowest BCUT2D eigenvalue weighted by Gasteiger charge is -2.52. The van der Waals surface area contributed by atoms with Crippen molar-refractivity contribution in [2.24, 2.45) is 23.5 Å². The Labute approximate surface area is 201 Å². The topological polar surface area (TPSA) is 165 Å². The summed E-state index contributed by atoms with van der Waals surface area (Å²) in [6.45, 7) is 0. The van der Waals surface area contributed by atoms with Crippen LogP contribution in [0.2, 0.25) is 5.02 Å². The van der Waals surface area contributed by atoms with Gasteiger partial charge in [-0.3, -0.25) is 14.4 Å². The summed E-state index contributed by atoms with van der Waals surface area (Å²) in [6.07, 6.45) is -1.79. The number of halogens is 1. The Bertz CT molecular complexity index is 1160. The van der Waals surface area contributed by atoms with E-state index < -0.39 is 58.3 Å². The van der Waals surface area contributed by atoms with Gasteiger partial charge in [0, 0.05) is 40.5 Å². The number of hydrogen-bond acceptors (Lipinski definition) is 9. The fourth-order valence-corrected chi connectivity index (χ4v) is 6.55. The Morgan fingerprint density at radius 3 is 2.21 bits per heavy atom. The molecule has 6 N–H and O–H groups in total. The second kappa shape index (κ2) is 7.86. The molecule has 1 saturated carbocycles. The van der Waals surface area contributed by atoms with Gasteiger partial charge in [-0.05, 0) is 24.3 Å². The zero-order valence-electron chi connectivity index (χ0n) is 19.3. The van der Waals surface area contributed by atoms with Crippen molar-refractivity contribution in [2.75, 3.05) is 38.0 Å². The maximum Gasteiger partial charge on any atom is 0.255 e. The third-order valence-electron chi connectivity index (χ3n) is 7.46. The van der Waals surface area contributed by atoms with Gasteiger partial charge in [0.1, 0.15) is 23.1 Å². The number of Topliss-reactive ketones (excluding diaryl/α,β-unsaturated/α-hetero) is 2. The smallest absolute Gasteiger partial charge is 0.255 e. The van der Waals surface area contributed by atoms with Gasteiger partial charge in [0.15, 0.2) is 22.9 Å². The molecule has 0 aromatic heterocycles. The molecule has 3 aliphatic rings. The predicted molar refractivity (Wildman–Crippen MR) is 124 cm³/mol. The zero-order chi connectivity index (χ0) is 25.4. The molecule has 34 heavy (non-hydrogen) atoms. The van der Waals surface area contributed by atoms with Crippen LogP contribution in [0.15, 0.2) is 11.3 Å². The summed E-state index contributed by atoms with van der Waals surface area (Å²) in [5.41, 5.74) is 3.36. The average Bonchev–Trinajstić information content (AvgIpc) is 2.69. The van der Waals surface area contributed by atoms with E-state index in [0.29, 0.717) is 11.3 Å². The molecule has 0 bridgehead atoms. The lowest BCUT2D eigenvalue weighted by molar-refractivity contribution is -0.170. The number of fused-ring (bicyclic) bond motifs is 3. The highest BCUT2D eigenvalue weighted by molar-refractivity contribution is 6.37. The summed E-state index contributed by atoms with van der Waals surface area (Å²) in [5.74, 6) is -6.53. The number of carbonyl (C=O) groups is 3. The van der Waals surface area contributed by atoms with Crippen molar-refractivity contribution in [1.29, 1.82) is 0 Å². The van der Waals surface area contributed by atoms with Crippen molar-refractivity contribution in [3.05, 3.63) is 27.5 Å². The van der Waals surface area contributed by atoms with Crippen LogP contribution in [0.3, 0.4) is 0 Å². The number of rotatable bonds is 3. The van der Waals surface area contributed by atoms with Crippen molar-refractivity contribution >= 4 is 40.4 Å². The highest BCUT2D eigenvalue weighted by Gasteiger charge is 2.63. The van der Waals surface area contributed by atoms with E-state index in [1.54, 1.807) is 38.0 Å². The molecular weight excluding hydrogens is 466 g/mol. The number of hydrogen-bond donors (Lipinski definition) is 5. The van der Waals surface area contributed by atoms with Crippen LogP contribution in [0.1, 0.15) is 28.8 Å². The van der Waals surface area contributed by atoms with Crippen molar-refractivity contribution in [1.82, 2.24) is 0 Å². The molecule has 4 rings (SSSR count). The Morgan fingerprint density at radius 1 is 1.09 bits per heavy atom. The highest BCUT2D eigenvalue weighted by atomic mass is 35.5. The second-order valence-corrected chi connectivity index (χ2v) is 10.2. The number of phenolic OH excluding ortho intramolecular Hbond substituents is 1. The summed E-state index contributed by atoms with van der Waals surface area (Å²) in [5, 5.41) is 44.7. The Balaban J connectivity index is 1.92. The van der Waals surface area contributed by atoms with Gasteiger partial charge in [-0.25, -0.2) is 0 Å². The van der Waals surface area contributed by atoms with Crippen LogP contribution >= 0.6 is 11.6 Å². The molecule has 0 aliphatic heterocycles. The molecular formula is C23H28ClN3O7. The maximum absolute atomic E-state index is 13.8. The molecule has 0 heterocycles. The van der Waals surface area contributed by atoms with Gasteiger partial charge in [-0.15, -0.1) is 0 Å². The number of nitrogens with two attached hydrogens (primary N) is 1. The van der Waals surface area contributed by atoms with Crippen molar-refractivity contribution < 1.29 is 34.8 Å². The van der Waals surface area contributed by atoms with E-state index in [1.807, 2.05) is 0 Å². The SMILES string of the molecule is CN(C)c1c(O)c2c(c(N(C)C)c1Cl)CC1CC3CC(=O)C(C(N)=O)=C(O)C3(O)C(O)C1C2=O. The summed E-state index contributed by atoms with van der Waals surface area (Å²) in [7, 11) is 6.85. The Kier molecular flexibility index (Phi) is 5.62. The monoisotopic (exact) mass is 493 g/mol. The predicted octanol–water partition coefficient (Wildman–Crippen LogP) is 0.531. The normalized spacial score (nSPS) is 30.4. The lowest BCUT2D eigenvalue weighted by Crippen LogP contribution is -2.64. The number of amides is 1. The molecule has 1 amide bonds. The standard InChI is InChI=1S/C23H28ClN3O7/c1-26(2)16-10-6-8-5-9-7-11(28)14(22(25)33)21(32)23(9,34)20(31)12(8)18(29)13(10)19(30)17(15(16)24)27(3)4/h8-9,12,20,30-32,34H,5-7H2,1-4H3,(H2,25,33). The molecule has 184 valence electrons. The van der Waals surface area contributed by atoms with Gasteiger partial charge < -0.3 is 36.0 Å². The van der Waals surface area contributed by atoms with E-state index >= 15 is 0 Å². The minimum absolute atomic E-state index is 0.00960. The number of ketones is 2. The highest BCUT2D eigenvalue weighted by Crippen LogP contribution is 2.56. The number of benzene rings is 1. The fraction of sp³-hybridized carbons (Fsp3) is 0.522. The summed E-state index contributed by atoms with van der Waals surface area (Å²) < 4.78 is 0. The third-order valence-corrected chi connectivity index (χ3v) is 7.81. The number of aliphatic hydroxyl groups excluding tert-OH is 2. The summed E-state index contributed by atoms with van der Waals surface area (Å²) >= 11 is 6.64. The minimum atomic E-state index is -2.40. The van der Waals surface area contributed by atoms with E-state index in [-0.39, 0.29) is 41.3 Å². The molecule has 1 aromatic carbocycles. The molecule has 1 fully saturated rings. The fourth-order valence-electron chi connectivity index (χ4n) is 6.01. The quantitative estimate of drug-likeness (QED) is 0.377. The molecule has 3 aliphatic carbocycles. The molecule has 5 unspecified atom stereocenters. The average molecular weight is 494 g/mol. The first-order chi connectivity index (χ1) is 15.7. The third kappa shape index (κ3) is 3.05. The van der Waals surface area contributed by atoms with Crippen LogP contribution in [0, 0.1) is 17.8 Å². The maximum atomic E-state index is 13.8. The number of nitrogens with zero attached hydrogens (tertiary/aromatic N) is 2. The van der Waals surface area contributed by atoms with Crippen LogP contribution in [0.25, 0.3) is 0 Å². The molecule has 5 atom stereocenters. The second-order valence-electron chi connectivity index (χ2n) is 9.77. The van der Waals surface area contributed by atoms with E-state index in [2.05, 4.69) is 0 Å². The first kappa shape index (κ1) is 24.3. The van der Waals surface area contributed by atoms with E-state index in [1.165, 1.54) is 0 Å². The molecule has 0 radical (unpaired) electrons. The molecule has 10 nitrogen and oxygen atoms in total. The van der Waals surface area contributed by atoms with Crippen LogP contribution in [0.4, 0.5) is 11.4 Å². The lowest BCUT2D eigenvalue weighted by atomic mass is 9.55. The van der Waals surface area contributed by atoms with E-state index in [0.717, 1.165) is 0 Å². The van der Waals surface area contributed by atoms with Gasteiger partial charge in [-0.2, -0.15) is 0 Å². The van der Waals surface area contributed by atoms with Gasteiger partial charge in [-0.1, -0.05) is 11.6 Å². The number of primary amides is 1. The minimum Gasteiger partial charge on any atom is -0.508 e. The van der Waals surface area contributed by atoms with Crippen LogP contribution in [0.5, 0.6) is 5.75 Å². The van der Waals surface area contributed by atoms with Crippen molar-refractivity contribution in [2.45, 2.75) is 31.0 Å². The summed E-state index contributed by atoms with van der Waals surface area (Å²) in [6, 6.07) is 0. The Hall–Kier alpha value is -2.82. The number of anilines is 2. The van der Waals surface area contributed by atoms with Crippen LogP contribution in [-0.4, -0.2) is 77.8 Å². The van der Waals surface area contributed by atoms with Gasteiger partial charge in [0.05, 0.1) is 22.2 Å². The van der Waals surface area contributed by atoms with Gasteiger partial charge in [0.25, 0.3) is 5.91 Å². The first-order valence-corrected chi connectivity index (χ1v) is 11.3. The number of aliphatic hydroxyl groups is 3. The number of carbonyl (C=O) groups excluding carboxylic acids is 3. The van der Waals surface area contributed by atoms with Crippen molar-refractivity contribution in [3.63, 3.8) is 0 Å².